The number of hydrogen-bond acceptors (Lipinski definition) is 4. The Kier molecular flexibility index (Phi) is 4.09. The molecule has 84 valence electrons. The smallest absolute Gasteiger partial charge is 0.357 e. The molecule has 1 amide bonds. The van der Waals surface area contributed by atoms with Crippen molar-refractivity contribution in [2.75, 3.05) is 13.7 Å². The van der Waals surface area contributed by atoms with Crippen LogP contribution in [0, 0.1) is 11.8 Å². The lowest BCUT2D eigenvalue weighted by molar-refractivity contribution is -0.118. The summed E-state index contributed by atoms with van der Waals surface area (Å²) in [5.74, 6) is 4.71. The normalized spacial score (nSPS) is 8.88. The van der Waals surface area contributed by atoms with Crippen molar-refractivity contribution in [3.63, 3.8) is 0 Å². The average Bonchev–Trinajstić information content (AvgIpc) is 2.71. The van der Waals surface area contributed by atoms with Crippen molar-refractivity contribution in [3.05, 3.63) is 17.5 Å². The SMILES string of the molecule is COC(=O)c1[nH]ncc1C#CCNC(C)=O. The Morgan fingerprint density at radius 1 is 1.62 bits per heavy atom. The molecule has 6 heteroatoms. The van der Waals surface area contributed by atoms with Gasteiger partial charge in [0.1, 0.15) is 0 Å². The second kappa shape index (κ2) is 5.56. The molecule has 1 aromatic heterocycles. The summed E-state index contributed by atoms with van der Waals surface area (Å²) in [6.07, 6.45) is 1.42. The predicted molar refractivity (Wildman–Crippen MR) is 55.5 cm³/mol. The zero-order valence-corrected chi connectivity index (χ0v) is 8.96. The van der Waals surface area contributed by atoms with Crippen LogP contribution in [0.5, 0.6) is 0 Å². The molecule has 1 aromatic rings. The van der Waals surface area contributed by atoms with Gasteiger partial charge in [-0.1, -0.05) is 11.8 Å². The molecular weight excluding hydrogens is 210 g/mol. The van der Waals surface area contributed by atoms with Crippen LogP contribution in [0.4, 0.5) is 0 Å². The molecule has 0 aliphatic heterocycles. The summed E-state index contributed by atoms with van der Waals surface area (Å²) in [5.41, 5.74) is 0.648. The molecule has 2 N–H and O–H groups in total. The molecule has 1 heterocycles. The van der Waals surface area contributed by atoms with Crippen LogP contribution in [-0.4, -0.2) is 35.7 Å². The molecule has 16 heavy (non-hydrogen) atoms. The summed E-state index contributed by atoms with van der Waals surface area (Å²) < 4.78 is 4.53. The van der Waals surface area contributed by atoms with E-state index in [2.05, 4.69) is 32.1 Å². The molecule has 0 aliphatic carbocycles. The van der Waals surface area contributed by atoms with Gasteiger partial charge in [0.25, 0.3) is 0 Å². The lowest BCUT2D eigenvalue weighted by atomic mass is 10.2. The van der Waals surface area contributed by atoms with E-state index in [0.29, 0.717) is 5.56 Å². The maximum atomic E-state index is 11.2. The number of nitrogens with one attached hydrogen (secondary N) is 2. The van der Waals surface area contributed by atoms with Gasteiger partial charge in [-0.2, -0.15) is 5.10 Å². The van der Waals surface area contributed by atoms with Gasteiger partial charge >= 0.3 is 5.97 Å². The summed E-state index contributed by atoms with van der Waals surface area (Å²) in [7, 11) is 1.28. The van der Waals surface area contributed by atoms with Crippen molar-refractivity contribution in [2.45, 2.75) is 6.92 Å². The fourth-order valence-corrected chi connectivity index (χ4v) is 0.947. The Morgan fingerprint density at radius 3 is 3.00 bits per heavy atom. The summed E-state index contributed by atoms with van der Waals surface area (Å²) >= 11 is 0. The number of amides is 1. The number of nitrogens with zero attached hydrogens (tertiary/aromatic N) is 1. The molecule has 0 saturated carbocycles. The number of aromatic amines is 1. The minimum Gasteiger partial charge on any atom is -0.464 e. The molecule has 6 nitrogen and oxygen atoms in total. The number of methoxy groups -OCH3 is 1. The minimum atomic E-state index is -0.527. The maximum absolute atomic E-state index is 11.2. The van der Waals surface area contributed by atoms with E-state index in [4.69, 9.17) is 0 Å². The van der Waals surface area contributed by atoms with Crippen LogP contribution in [0.25, 0.3) is 0 Å². The van der Waals surface area contributed by atoms with Crippen LogP contribution in [0.3, 0.4) is 0 Å². The van der Waals surface area contributed by atoms with Gasteiger partial charge in [0, 0.05) is 6.92 Å². The molecule has 0 aliphatic rings. The van der Waals surface area contributed by atoms with Gasteiger partial charge in [0.05, 0.1) is 25.4 Å². The quantitative estimate of drug-likeness (QED) is 0.529. The highest BCUT2D eigenvalue weighted by Gasteiger charge is 2.11. The third kappa shape index (κ3) is 3.13. The van der Waals surface area contributed by atoms with Crippen molar-refractivity contribution in [1.29, 1.82) is 0 Å². The summed E-state index contributed by atoms with van der Waals surface area (Å²) in [4.78, 5) is 21.8. The molecular formula is C10H11N3O3. The van der Waals surface area contributed by atoms with Crippen LogP contribution < -0.4 is 5.32 Å². The Hall–Kier alpha value is -2.29. The number of ether oxygens (including phenoxy) is 1. The summed E-state index contributed by atoms with van der Waals surface area (Å²) in [6.45, 7) is 1.63. The van der Waals surface area contributed by atoms with Crippen LogP contribution in [-0.2, 0) is 9.53 Å². The average molecular weight is 221 g/mol. The van der Waals surface area contributed by atoms with Crippen LogP contribution in [0.1, 0.15) is 23.0 Å². The Balaban J connectivity index is 2.70. The first-order valence-corrected chi connectivity index (χ1v) is 4.50. The number of hydrogen-bond donors (Lipinski definition) is 2. The molecule has 0 atom stereocenters. The van der Waals surface area contributed by atoms with E-state index in [1.54, 1.807) is 0 Å². The summed E-state index contributed by atoms with van der Waals surface area (Å²) in [5, 5.41) is 8.69. The molecule has 0 bridgehead atoms. The van der Waals surface area contributed by atoms with Gasteiger partial charge in [-0.25, -0.2) is 4.79 Å². The second-order valence-corrected chi connectivity index (χ2v) is 2.86. The first-order chi connectivity index (χ1) is 7.65. The van der Waals surface area contributed by atoms with Gasteiger partial charge < -0.3 is 10.1 Å². The number of carbonyl (C=O) groups excluding carboxylic acids is 2. The van der Waals surface area contributed by atoms with E-state index in [0.717, 1.165) is 0 Å². The van der Waals surface area contributed by atoms with Crippen molar-refractivity contribution >= 4 is 11.9 Å². The van der Waals surface area contributed by atoms with E-state index < -0.39 is 5.97 Å². The van der Waals surface area contributed by atoms with Gasteiger partial charge in [-0.05, 0) is 0 Å². The van der Waals surface area contributed by atoms with Crippen LogP contribution in [0.2, 0.25) is 0 Å². The predicted octanol–water partition coefficient (Wildman–Crippen LogP) is -0.316. The van der Waals surface area contributed by atoms with Crippen LogP contribution in [0.15, 0.2) is 6.20 Å². The summed E-state index contributed by atoms with van der Waals surface area (Å²) in [6, 6.07) is 0. The Bertz CT molecular complexity index is 453. The molecule has 0 aromatic carbocycles. The topological polar surface area (TPSA) is 84.1 Å². The lowest BCUT2D eigenvalue weighted by Crippen LogP contribution is -2.19. The highest BCUT2D eigenvalue weighted by molar-refractivity contribution is 5.89. The van der Waals surface area contributed by atoms with E-state index in [-0.39, 0.29) is 18.1 Å². The number of rotatable bonds is 2. The standard InChI is InChI=1S/C10H11N3O3/c1-7(14)11-5-3-4-8-6-12-13-9(8)10(15)16-2/h6H,5H2,1-2H3,(H,11,14)(H,12,13). The molecule has 0 spiro atoms. The number of H-pyrrole nitrogens is 1. The van der Waals surface area contributed by atoms with Crippen LogP contribution >= 0.6 is 0 Å². The lowest BCUT2D eigenvalue weighted by Gasteiger charge is -1.94. The maximum Gasteiger partial charge on any atom is 0.357 e. The zero-order valence-electron chi connectivity index (χ0n) is 8.96. The minimum absolute atomic E-state index is 0.158. The van der Waals surface area contributed by atoms with Gasteiger partial charge in [0.15, 0.2) is 5.69 Å². The van der Waals surface area contributed by atoms with Gasteiger partial charge in [-0.15, -0.1) is 0 Å². The first kappa shape index (κ1) is 11.8. The Morgan fingerprint density at radius 2 is 2.38 bits per heavy atom. The highest BCUT2D eigenvalue weighted by Crippen LogP contribution is 2.03. The highest BCUT2D eigenvalue weighted by atomic mass is 16.5. The van der Waals surface area contributed by atoms with Crippen molar-refractivity contribution in [3.8, 4) is 11.8 Å². The first-order valence-electron chi connectivity index (χ1n) is 4.50. The molecule has 1 rings (SSSR count). The zero-order chi connectivity index (χ0) is 12.0. The van der Waals surface area contributed by atoms with E-state index >= 15 is 0 Å². The van der Waals surface area contributed by atoms with Crippen molar-refractivity contribution < 1.29 is 14.3 Å². The third-order valence-corrected chi connectivity index (χ3v) is 1.68. The van der Waals surface area contributed by atoms with Gasteiger partial charge in [-0.3, -0.25) is 9.89 Å². The third-order valence-electron chi connectivity index (χ3n) is 1.68. The number of carbonyl (C=O) groups is 2. The number of esters is 1. The van der Waals surface area contributed by atoms with Crippen molar-refractivity contribution in [2.24, 2.45) is 0 Å². The monoisotopic (exact) mass is 221 g/mol. The van der Waals surface area contributed by atoms with Crippen molar-refractivity contribution in [1.82, 2.24) is 15.5 Å². The molecule has 0 unspecified atom stereocenters. The molecule has 0 saturated heterocycles. The molecule has 0 fully saturated rings. The fraction of sp³-hybridized carbons (Fsp3) is 0.300. The largest absolute Gasteiger partial charge is 0.464 e. The Labute approximate surface area is 92.4 Å². The van der Waals surface area contributed by atoms with E-state index in [1.807, 2.05) is 0 Å². The number of aromatic nitrogens is 2. The van der Waals surface area contributed by atoms with E-state index in [9.17, 15) is 9.59 Å². The second-order valence-electron chi connectivity index (χ2n) is 2.86. The fourth-order valence-electron chi connectivity index (χ4n) is 0.947. The molecule has 0 radical (unpaired) electrons. The van der Waals surface area contributed by atoms with E-state index in [1.165, 1.54) is 20.2 Å². The van der Waals surface area contributed by atoms with Gasteiger partial charge in [0.2, 0.25) is 5.91 Å².